The van der Waals surface area contributed by atoms with Gasteiger partial charge in [-0.15, -0.1) is 0 Å². The normalized spacial score (nSPS) is 13.3. The first-order valence-electron chi connectivity index (χ1n) is 12.5. The molecule has 0 aliphatic rings. The van der Waals surface area contributed by atoms with Crippen molar-refractivity contribution in [3.63, 3.8) is 0 Å². The molecule has 1 aromatic rings. The Bertz CT molecular complexity index is 1130. The molecule has 0 bridgehead atoms. The number of benzene rings is 1. The highest BCUT2D eigenvalue weighted by atomic mass is 16.4. The van der Waals surface area contributed by atoms with E-state index < -0.39 is 98.4 Å². The molecule has 0 aliphatic heterocycles. The molecule has 6 amide bonds. The Hall–Kier alpha value is -4.81. The van der Waals surface area contributed by atoms with Crippen LogP contribution in [-0.2, 0) is 40.0 Å². The Morgan fingerprint density at radius 2 is 1.24 bits per heavy atom. The van der Waals surface area contributed by atoms with Gasteiger partial charge in [-0.3, -0.25) is 28.8 Å². The number of nitrogens with two attached hydrogens (primary N) is 1. The third kappa shape index (κ3) is 13.0. The van der Waals surface area contributed by atoms with Gasteiger partial charge in [-0.2, -0.15) is 0 Å². The summed E-state index contributed by atoms with van der Waals surface area (Å²) in [7, 11) is 0. The first-order valence-corrected chi connectivity index (χ1v) is 12.5. The molecule has 0 unspecified atom stereocenters. The summed E-state index contributed by atoms with van der Waals surface area (Å²) in [5.74, 6) is -6.42. The monoisotopic (exact) mass is 597 g/mol. The maximum Gasteiger partial charge on any atom is 0.328 e. The van der Waals surface area contributed by atoms with Crippen LogP contribution in [0.2, 0.25) is 0 Å². The van der Waals surface area contributed by atoms with E-state index in [1.807, 2.05) is 5.32 Å². The number of phenols is 1. The van der Waals surface area contributed by atoms with Crippen molar-refractivity contribution >= 4 is 41.4 Å². The molecule has 18 nitrogen and oxygen atoms in total. The molecule has 0 aromatic heterocycles. The molecule has 18 heteroatoms. The molecule has 232 valence electrons. The molecule has 0 fully saturated rings. The van der Waals surface area contributed by atoms with Crippen LogP contribution in [0.25, 0.3) is 0 Å². The average molecular weight is 598 g/mol. The minimum Gasteiger partial charge on any atom is -0.508 e. The predicted octanol–water partition coefficient (Wildman–Crippen LogP) is -5.85. The number of carboxylic acid groups (broad SMARTS) is 1. The molecular formula is C24H35N7O11. The predicted molar refractivity (Wildman–Crippen MR) is 142 cm³/mol. The molecule has 1 aromatic carbocycles. The van der Waals surface area contributed by atoms with Gasteiger partial charge in [0.15, 0.2) is 0 Å². The number of rotatable bonds is 17. The van der Waals surface area contributed by atoms with Crippen molar-refractivity contribution in [3.05, 3.63) is 29.8 Å². The van der Waals surface area contributed by atoms with E-state index >= 15 is 0 Å². The van der Waals surface area contributed by atoms with Crippen LogP contribution in [0.1, 0.15) is 12.5 Å². The first-order chi connectivity index (χ1) is 19.8. The third-order valence-electron chi connectivity index (χ3n) is 5.42. The van der Waals surface area contributed by atoms with Crippen LogP contribution in [0.4, 0.5) is 0 Å². The van der Waals surface area contributed by atoms with E-state index in [1.165, 1.54) is 19.1 Å². The van der Waals surface area contributed by atoms with Gasteiger partial charge in [-0.25, -0.2) is 4.79 Å². The second-order valence-electron chi connectivity index (χ2n) is 8.86. The lowest BCUT2D eigenvalue weighted by Gasteiger charge is -2.18. The van der Waals surface area contributed by atoms with Crippen molar-refractivity contribution in [2.75, 3.05) is 32.8 Å². The van der Waals surface area contributed by atoms with Gasteiger partial charge in [0.25, 0.3) is 0 Å². The molecule has 0 aliphatic carbocycles. The Morgan fingerprint density at radius 3 is 1.81 bits per heavy atom. The second-order valence-corrected chi connectivity index (χ2v) is 8.86. The van der Waals surface area contributed by atoms with Crippen molar-refractivity contribution in [3.8, 4) is 5.75 Å². The van der Waals surface area contributed by atoms with Crippen LogP contribution in [0.5, 0.6) is 5.75 Å². The van der Waals surface area contributed by atoms with Gasteiger partial charge in [0.05, 0.1) is 38.9 Å². The van der Waals surface area contributed by atoms with Crippen molar-refractivity contribution in [2.45, 2.75) is 37.5 Å². The van der Waals surface area contributed by atoms with Crippen LogP contribution in [0.3, 0.4) is 0 Å². The standard InChI is InChI=1S/C24H35N7O11/c1-12(21(38)31-17(11-33)24(41)42)29-19(36)9-28-23(40)16(10-32)30-20(37)8-26-18(35)7-27-22(39)15(25)6-13-2-4-14(34)5-3-13/h2-5,12,15-17,32-34H,6-11,25H2,1H3,(H,26,35)(H,27,39)(H,28,40)(H,29,36)(H,30,37)(H,31,38)(H,41,42)/t12-,15-,16-,17-/m0/s1. The SMILES string of the molecule is C[C@H](NC(=O)CNC(=O)[C@H](CO)NC(=O)CNC(=O)CNC(=O)[C@@H](N)Cc1ccc(O)cc1)C(=O)N[C@@H](CO)C(=O)O. The largest absolute Gasteiger partial charge is 0.508 e. The van der Waals surface area contributed by atoms with Crippen LogP contribution in [0, 0.1) is 0 Å². The Balaban J connectivity index is 2.38. The fourth-order valence-electron chi connectivity index (χ4n) is 3.09. The number of aromatic hydroxyl groups is 1. The number of nitrogens with one attached hydrogen (secondary N) is 6. The molecule has 42 heavy (non-hydrogen) atoms. The Morgan fingerprint density at radius 1 is 0.714 bits per heavy atom. The van der Waals surface area contributed by atoms with Crippen molar-refractivity contribution in [1.82, 2.24) is 31.9 Å². The fourth-order valence-corrected chi connectivity index (χ4v) is 3.09. The minimum atomic E-state index is -1.57. The van der Waals surface area contributed by atoms with Crippen LogP contribution in [-0.4, -0.2) is 119 Å². The zero-order chi connectivity index (χ0) is 31.8. The van der Waals surface area contributed by atoms with E-state index in [-0.39, 0.29) is 12.2 Å². The summed E-state index contributed by atoms with van der Waals surface area (Å²) in [6, 6.07) is 0.774. The van der Waals surface area contributed by atoms with E-state index in [0.717, 1.165) is 0 Å². The summed E-state index contributed by atoms with van der Waals surface area (Å²) in [5.41, 5.74) is 6.49. The summed E-state index contributed by atoms with van der Waals surface area (Å²) in [4.78, 5) is 83.2. The Labute approximate surface area is 239 Å². The van der Waals surface area contributed by atoms with Crippen LogP contribution in [0.15, 0.2) is 24.3 Å². The lowest BCUT2D eigenvalue weighted by molar-refractivity contribution is -0.143. The van der Waals surface area contributed by atoms with Gasteiger partial charge in [0.1, 0.15) is 23.9 Å². The molecule has 0 saturated carbocycles. The maximum absolute atomic E-state index is 12.2. The number of hydrogen-bond acceptors (Lipinski definition) is 11. The highest BCUT2D eigenvalue weighted by Gasteiger charge is 2.24. The number of aliphatic carboxylic acids is 1. The number of aliphatic hydroxyl groups is 2. The van der Waals surface area contributed by atoms with Crippen molar-refractivity contribution < 1.29 is 54.0 Å². The topological polar surface area (TPSA) is 299 Å². The van der Waals surface area contributed by atoms with Gasteiger partial charge in [0.2, 0.25) is 35.4 Å². The summed E-state index contributed by atoms with van der Waals surface area (Å²) >= 11 is 0. The number of amides is 6. The molecule has 0 radical (unpaired) electrons. The number of carboxylic acids is 1. The molecule has 4 atom stereocenters. The number of hydrogen-bond donors (Lipinski definition) is 11. The smallest absolute Gasteiger partial charge is 0.328 e. The molecule has 0 heterocycles. The second kappa shape index (κ2) is 17.8. The average Bonchev–Trinajstić information content (AvgIpc) is 2.95. The summed E-state index contributed by atoms with van der Waals surface area (Å²) < 4.78 is 0. The van der Waals surface area contributed by atoms with Crippen LogP contribution >= 0.6 is 0 Å². The lowest BCUT2D eigenvalue weighted by Crippen LogP contribution is -2.55. The number of carbonyl (C=O) groups is 7. The fraction of sp³-hybridized carbons (Fsp3) is 0.458. The summed E-state index contributed by atoms with van der Waals surface area (Å²) in [6.07, 6.45) is 0.147. The third-order valence-corrected chi connectivity index (χ3v) is 5.42. The van der Waals surface area contributed by atoms with Crippen molar-refractivity contribution in [2.24, 2.45) is 5.73 Å². The van der Waals surface area contributed by atoms with E-state index in [1.54, 1.807) is 12.1 Å². The maximum atomic E-state index is 12.2. The zero-order valence-corrected chi connectivity index (χ0v) is 22.6. The van der Waals surface area contributed by atoms with E-state index in [0.29, 0.717) is 5.56 Å². The zero-order valence-electron chi connectivity index (χ0n) is 22.6. The summed E-state index contributed by atoms with van der Waals surface area (Å²) in [5, 5.41) is 49.5. The van der Waals surface area contributed by atoms with Gasteiger partial charge in [0, 0.05) is 0 Å². The lowest BCUT2D eigenvalue weighted by atomic mass is 10.1. The molecule has 1 rings (SSSR count). The number of phenolic OH excluding ortho intramolecular Hbond substituents is 1. The van der Waals surface area contributed by atoms with E-state index in [9.17, 15) is 43.8 Å². The molecule has 0 spiro atoms. The highest BCUT2D eigenvalue weighted by molar-refractivity contribution is 5.94. The van der Waals surface area contributed by atoms with Gasteiger partial charge >= 0.3 is 5.97 Å². The number of carbonyl (C=O) groups excluding carboxylic acids is 6. The minimum absolute atomic E-state index is 0.0548. The molecular weight excluding hydrogens is 562 g/mol. The molecule has 12 N–H and O–H groups in total. The number of aliphatic hydroxyl groups excluding tert-OH is 2. The van der Waals surface area contributed by atoms with Gasteiger partial charge in [-0.1, -0.05) is 12.1 Å². The Kier molecular flexibility index (Phi) is 14.9. The summed E-state index contributed by atoms with van der Waals surface area (Å²) in [6.45, 7) is -2.29. The van der Waals surface area contributed by atoms with Gasteiger partial charge in [-0.05, 0) is 31.0 Å². The first kappa shape index (κ1) is 35.2. The molecule has 0 saturated heterocycles. The van der Waals surface area contributed by atoms with Gasteiger partial charge < -0.3 is 58.1 Å². The highest BCUT2D eigenvalue weighted by Crippen LogP contribution is 2.10. The van der Waals surface area contributed by atoms with E-state index in [2.05, 4.69) is 26.6 Å². The van der Waals surface area contributed by atoms with Crippen LogP contribution < -0.4 is 37.6 Å². The quantitative estimate of drug-likeness (QED) is 0.0800. The van der Waals surface area contributed by atoms with Crippen molar-refractivity contribution in [1.29, 1.82) is 0 Å². The van der Waals surface area contributed by atoms with E-state index in [4.69, 9.17) is 15.9 Å².